The van der Waals surface area contributed by atoms with Gasteiger partial charge < -0.3 is 9.57 Å². The SMILES string of the molecule is COC(=N)C(=NOCc1ccccc1)c1cccnc1. The minimum absolute atomic E-state index is 0.0638. The summed E-state index contributed by atoms with van der Waals surface area (Å²) < 4.78 is 4.91. The van der Waals surface area contributed by atoms with Crippen LogP contribution in [0.15, 0.2) is 60.0 Å². The Bertz CT molecular complexity index is 583. The maximum absolute atomic E-state index is 7.75. The highest BCUT2D eigenvalue weighted by atomic mass is 16.6. The van der Waals surface area contributed by atoms with Crippen molar-refractivity contribution in [1.29, 1.82) is 5.41 Å². The first-order chi connectivity index (χ1) is 9.81. The summed E-state index contributed by atoms with van der Waals surface area (Å²) in [4.78, 5) is 9.30. The van der Waals surface area contributed by atoms with Gasteiger partial charge in [0.2, 0.25) is 5.90 Å². The van der Waals surface area contributed by atoms with E-state index in [0.717, 1.165) is 5.56 Å². The van der Waals surface area contributed by atoms with Crippen LogP contribution in [0.1, 0.15) is 11.1 Å². The third-order valence-electron chi connectivity index (χ3n) is 2.58. The van der Waals surface area contributed by atoms with Gasteiger partial charge in [0.25, 0.3) is 0 Å². The molecule has 0 atom stereocenters. The Morgan fingerprint density at radius 2 is 2.00 bits per heavy atom. The lowest BCUT2D eigenvalue weighted by Crippen LogP contribution is -2.17. The van der Waals surface area contributed by atoms with Gasteiger partial charge in [0.1, 0.15) is 6.61 Å². The van der Waals surface area contributed by atoms with Crippen molar-refractivity contribution in [2.75, 3.05) is 7.11 Å². The molecule has 1 aromatic carbocycles. The third kappa shape index (κ3) is 3.65. The minimum atomic E-state index is -0.0638. The van der Waals surface area contributed by atoms with Crippen LogP contribution in [0.3, 0.4) is 0 Å². The Hall–Kier alpha value is -2.69. The maximum atomic E-state index is 7.75. The second-order valence-corrected chi connectivity index (χ2v) is 3.97. The second kappa shape index (κ2) is 7.04. The van der Waals surface area contributed by atoms with Crippen LogP contribution in [0.25, 0.3) is 0 Å². The fourth-order valence-corrected chi connectivity index (χ4v) is 1.57. The molecule has 0 fully saturated rings. The molecule has 0 bridgehead atoms. The van der Waals surface area contributed by atoms with Crippen LogP contribution in [-0.2, 0) is 16.2 Å². The highest BCUT2D eigenvalue weighted by molar-refractivity contribution is 6.44. The molecule has 20 heavy (non-hydrogen) atoms. The van der Waals surface area contributed by atoms with Crippen molar-refractivity contribution in [2.45, 2.75) is 6.61 Å². The summed E-state index contributed by atoms with van der Waals surface area (Å²) in [6.07, 6.45) is 3.26. The Morgan fingerprint density at radius 3 is 2.65 bits per heavy atom. The van der Waals surface area contributed by atoms with E-state index in [4.69, 9.17) is 15.0 Å². The molecule has 5 nitrogen and oxygen atoms in total. The van der Waals surface area contributed by atoms with Gasteiger partial charge in [-0.1, -0.05) is 35.5 Å². The first-order valence-corrected chi connectivity index (χ1v) is 6.08. The number of aromatic nitrogens is 1. The number of ether oxygens (including phenoxy) is 1. The van der Waals surface area contributed by atoms with Crippen LogP contribution < -0.4 is 0 Å². The number of pyridine rings is 1. The maximum Gasteiger partial charge on any atom is 0.236 e. The lowest BCUT2D eigenvalue weighted by atomic mass is 10.2. The molecule has 0 unspecified atom stereocenters. The monoisotopic (exact) mass is 269 g/mol. The van der Waals surface area contributed by atoms with Gasteiger partial charge in [0.15, 0.2) is 5.71 Å². The van der Waals surface area contributed by atoms with Crippen molar-refractivity contribution >= 4 is 11.6 Å². The molecule has 0 saturated heterocycles. The van der Waals surface area contributed by atoms with E-state index >= 15 is 0 Å². The van der Waals surface area contributed by atoms with Gasteiger partial charge in [-0.2, -0.15) is 0 Å². The summed E-state index contributed by atoms with van der Waals surface area (Å²) in [7, 11) is 1.42. The van der Waals surface area contributed by atoms with Crippen molar-refractivity contribution in [2.24, 2.45) is 5.16 Å². The normalized spacial score (nSPS) is 10.9. The van der Waals surface area contributed by atoms with E-state index in [1.165, 1.54) is 7.11 Å². The van der Waals surface area contributed by atoms with Crippen LogP contribution in [0.2, 0.25) is 0 Å². The molecule has 0 radical (unpaired) electrons. The van der Waals surface area contributed by atoms with Crippen molar-refractivity contribution < 1.29 is 9.57 Å². The van der Waals surface area contributed by atoms with Gasteiger partial charge in [0.05, 0.1) is 7.11 Å². The van der Waals surface area contributed by atoms with E-state index in [9.17, 15) is 0 Å². The molecule has 0 amide bonds. The van der Waals surface area contributed by atoms with Gasteiger partial charge in [-0.05, 0) is 17.7 Å². The van der Waals surface area contributed by atoms with Crippen molar-refractivity contribution in [3.63, 3.8) is 0 Å². The summed E-state index contributed by atoms with van der Waals surface area (Å²) in [6, 6.07) is 13.3. The summed E-state index contributed by atoms with van der Waals surface area (Å²) in [6.45, 7) is 0.335. The molecule has 0 spiro atoms. The molecule has 102 valence electrons. The van der Waals surface area contributed by atoms with Crippen LogP contribution in [0.4, 0.5) is 0 Å². The molecular formula is C15H15N3O2. The number of nitrogens with one attached hydrogen (secondary N) is 1. The van der Waals surface area contributed by atoms with E-state index in [2.05, 4.69) is 10.1 Å². The Labute approximate surface area is 117 Å². The standard InChI is InChI=1S/C15H15N3O2/c1-19-15(16)14(13-8-5-9-17-10-13)18-20-11-12-6-3-2-4-7-12/h2-10,16H,11H2,1H3. The second-order valence-electron chi connectivity index (χ2n) is 3.97. The minimum Gasteiger partial charge on any atom is -0.480 e. The van der Waals surface area contributed by atoms with Crippen molar-refractivity contribution in [1.82, 2.24) is 4.98 Å². The number of oxime groups is 1. The molecule has 2 rings (SSSR count). The summed E-state index contributed by atoms with van der Waals surface area (Å²) >= 11 is 0. The number of nitrogens with zero attached hydrogens (tertiary/aromatic N) is 2. The summed E-state index contributed by atoms with van der Waals surface area (Å²) in [5.74, 6) is -0.0638. The lowest BCUT2D eigenvalue weighted by Gasteiger charge is -2.07. The van der Waals surface area contributed by atoms with Gasteiger partial charge in [-0.25, -0.2) is 0 Å². The number of hydrogen-bond donors (Lipinski definition) is 1. The average molecular weight is 269 g/mol. The molecular weight excluding hydrogens is 254 g/mol. The molecule has 1 heterocycles. The van der Waals surface area contributed by atoms with E-state index < -0.39 is 0 Å². The molecule has 1 aromatic heterocycles. The van der Waals surface area contributed by atoms with E-state index in [0.29, 0.717) is 17.9 Å². The third-order valence-corrected chi connectivity index (χ3v) is 2.58. The average Bonchev–Trinajstić information content (AvgIpc) is 2.53. The number of hydrogen-bond acceptors (Lipinski definition) is 5. The predicted octanol–water partition coefficient (Wildman–Crippen LogP) is 2.63. The van der Waals surface area contributed by atoms with Crippen molar-refractivity contribution in [3.8, 4) is 0 Å². The van der Waals surface area contributed by atoms with Crippen LogP contribution >= 0.6 is 0 Å². The quantitative estimate of drug-likeness (QED) is 0.515. The largest absolute Gasteiger partial charge is 0.480 e. The molecule has 1 N–H and O–H groups in total. The van der Waals surface area contributed by atoms with Crippen LogP contribution in [0.5, 0.6) is 0 Å². The summed E-state index contributed by atoms with van der Waals surface area (Å²) in [5, 5.41) is 11.7. The predicted molar refractivity (Wildman–Crippen MR) is 76.7 cm³/mol. The Morgan fingerprint density at radius 1 is 1.20 bits per heavy atom. The van der Waals surface area contributed by atoms with Gasteiger partial charge in [-0.3, -0.25) is 10.4 Å². The topological polar surface area (TPSA) is 67.6 Å². The van der Waals surface area contributed by atoms with E-state index in [-0.39, 0.29) is 5.90 Å². The highest BCUT2D eigenvalue weighted by Gasteiger charge is 2.11. The smallest absolute Gasteiger partial charge is 0.236 e. The van der Waals surface area contributed by atoms with Crippen LogP contribution in [0, 0.1) is 5.41 Å². The highest BCUT2D eigenvalue weighted by Crippen LogP contribution is 2.05. The fraction of sp³-hybridized carbons (Fsp3) is 0.133. The van der Waals surface area contributed by atoms with E-state index in [1.807, 2.05) is 30.3 Å². The zero-order valence-corrected chi connectivity index (χ0v) is 11.1. The molecule has 2 aromatic rings. The number of benzene rings is 1. The molecule has 0 aliphatic carbocycles. The molecule has 0 aliphatic rings. The van der Waals surface area contributed by atoms with Crippen LogP contribution in [-0.4, -0.2) is 23.7 Å². The zero-order chi connectivity index (χ0) is 14.2. The molecule has 0 aliphatic heterocycles. The van der Waals surface area contributed by atoms with Crippen molar-refractivity contribution in [3.05, 3.63) is 66.0 Å². The Kier molecular flexibility index (Phi) is 4.83. The fourth-order valence-electron chi connectivity index (χ4n) is 1.57. The Balaban J connectivity index is 2.11. The van der Waals surface area contributed by atoms with E-state index in [1.54, 1.807) is 24.5 Å². The first kappa shape index (κ1) is 13.7. The summed E-state index contributed by atoms with van der Waals surface area (Å²) in [5.41, 5.74) is 2.00. The van der Waals surface area contributed by atoms with Gasteiger partial charge in [0, 0.05) is 18.0 Å². The lowest BCUT2D eigenvalue weighted by molar-refractivity contribution is 0.131. The number of rotatable bonds is 5. The number of methoxy groups -OCH3 is 1. The van der Waals surface area contributed by atoms with Gasteiger partial charge >= 0.3 is 0 Å². The zero-order valence-electron chi connectivity index (χ0n) is 11.1. The first-order valence-electron chi connectivity index (χ1n) is 6.08. The molecule has 0 saturated carbocycles. The van der Waals surface area contributed by atoms with Gasteiger partial charge in [-0.15, -0.1) is 0 Å². The molecule has 5 heteroatoms.